The molecule has 0 N–H and O–H groups in total. The van der Waals surface area contributed by atoms with Crippen LogP contribution in [0.15, 0.2) is 30.3 Å². The van der Waals surface area contributed by atoms with Crippen LogP contribution < -0.4 is 0 Å². The van der Waals surface area contributed by atoms with Crippen molar-refractivity contribution in [1.29, 1.82) is 0 Å². The fraction of sp³-hybridized carbons (Fsp3) is 0.588. The van der Waals surface area contributed by atoms with Gasteiger partial charge in [0, 0.05) is 38.5 Å². The van der Waals surface area contributed by atoms with Crippen molar-refractivity contribution in [2.45, 2.75) is 25.7 Å². The van der Waals surface area contributed by atoms with Crippen molar-refractivity contribution in [3.63, 3.8) is 0 Å². The van der Waals surface area contributed by atoms with E-state index in [1.807, 2.05) is 11.0 Å². The number of alkyl halides is 1. The van der Waals surface area contributed by atoms with E-state index in [1.54, 1.807) is 0 Å². The van der Waals surface area contributed by atoms with Gasteiger partial charge in [-0.25, -0.2) is 0 Å². The lowest BCUT2D eigenvalue weighted by Gasteiger charge is -2.21. The van der Waals surface area contributed by atoms with Gasteiger partial charge in [0.2, 0.25) is 5.91 Å². The zero-order valence-electron chi connectivity index (χ0n) is 12.6. The lowest BCUT2D eigenvalue weighted by atomic mass is 10.1. The standard InChI is InChI=1S/C17H25ClN2O/c18-10-13-19-11-5-12-20(15-14-19)17(21)9-4-8-16-6-2-1-3-7-16/h1-3,6-7H,4-5,8-15H2. The summed E-state index contributed by atoms with van der Waals surface area (Å²) >= 11 is 5.79. The van der Waals surface area contributed by atoms with Gasteiger partial charge in [-0.2, -0.15) is 0 Å². The Morgan fingerprint density at radius 1 is 1.10 bits per heavy atom. The maximum absolute atomic E-state index is 12.3. The van der Waals surface area contributed by atoms with Crippen LogP contribution in [0, 0.1) is 0 Å². The van der Waals surface area contributed by atoms with Crippen LogP contribution in [0.3, 0.4) is 0 Å². The fourth-order valence-electron chi connectivity index (χ4n) is 2.81. The molecule has 1 saturated heterocycles. The molecule has 0 unspecified atom stereocenters. The number of carbonyl (C=O) groups excluding carboxylic acids is 1. The third-order valence-electron chi connectivity index (χ3n) is 4.04. The number of aryl methyl sites for hydroxylation is 1. The van der Waals surface area contributed by atoms with Crippen molar-refractivity contribution < 1.29 is 4.79 Å². The minimum atomic E-state index is 0.304. The Kier molecular flexibility index (Phi) is 7.04. The van der Waals surface area contributed by atoms with Gasteiger partial charge in [0.15, 0.2) is 0 Å². The lowest BCUT2D eigenvalue weighted by Crippen LogP contribution is -2.35. The van der Waals surface area contributed by atoms with Crippen molar-refractivity contribution in [3.05, 3.63) is 35.9 Å². The molecule has 0 atom stereocenters. The second-order valence-corrected chi connectivity index (χ2v) is 5.98. The monoisotopic (exact) mass is 308 g/mol. The number of nitrogens with zero attached hydrogens (tertiary/aromatic N) is 2. The van der Waals surface area contributed by atoms with Gasteiger partial charge in [-0.05, 0) is 31.4 Å². The number of halogens is 1. The van der Waals surface area contributed by atoms with E-state index in [4.69, 9.17) is 11.6 Å². The number of rotatable bonds is 6. The first-order chi connectivity index (χ1) is 10.3. The molecule has 1 aliphatic rings. The summed E-state index contributed by atoms with van der Waals surface area (Å²) in [4.78, 5) is 16.7. The summed E-state index contributed by atoms with van der Waals surface area (Å²) in [5, 5.41) is 0. The van der Waals surface area contributed by atoms with Crippen molar-refractivity contribution in [2.75, 3.05) is 38.6 Å². The van der Waals surface area contributed by atoms with Gasteiger partial charge in [-0.15, -0.1) is 11.6 Å². The van der Waals surface area contributed by atoms with Gasteiger partial charge in [0.25, 0.3) is 0 Å². The highest BCUT2D eigenvalue weighted by atomic mass is 35.5. The molecule has 0 aliphatic carbocycles. The molecule has 0 bridgehead atoms. The van der Waals surface area contributed by atoms with E-state index < -0.39 is 0 Å². The average Bonchev–Trinajstić information content (AvgIpc) is 2.74. The fourth-order valence-corrected chi connectivity index (χ4v) is 3.05. The molecule has 1 aliphatic heterocycles. The lowest BCUT2D eigenvalue weighted by molar-refractivity contribution is -0.131. The molecule has 2 rings (SSSR count). The van der Waals surface area contributed by atoms with E-state index in [-0.39, 0.29) is 0 Å². The predicted octanol–water partition coefficient (Wildman–Crippen LogP) is 2.78. The molecule has 116 valence electrons. The second-order valence-electron chi connectivity index (χ2n) is 5.60. The average molecular weight is 309 g/mol. The van der Waals surface area contributed by atoms with Crippen LogP contribution in [0.4, 0.5) is 0 Å². The van der Waals surface area contributed by atoms with E-state index in [1.165, 1.54) is 5.56 Å². The van der Waals surface area contributed by atoms with Crippen LogP contribution in [0.2, 0.25) is 0 Å². The molecular formula is C17H25ClN2O. The van der Waals surface area contributed by atoms with Gasteiger partial charge in [-0.3, -0.25) is 4.79 Å². The van der Waals surface area contributed by atoms with E-state index in [0.717, 1.165) is 52.0 Å². The number of carbonyl (C=O) groups is 1. The minimum absolute atomic E-state index is 0.304. The maximum atomic E-state index is 12.3. The van der Waals surface area contributed by atoms with Crippen molar-refractivity contribution >= 4 is 17.5 Å². The van der Waals surface area contributed by atoms with E-state index in [0.29, 0.717) is 18.2 Å². The topological polar surface area (TPSA) is 23.6 Å². The number of hydrogen-bond acceptors (Lipinski definition) is 2. The Hall–Kier alpha value is -1.06. The predicted molar refractivity (Wildman–Crippen MR) is 87.7 cm³/mol. The molecule has 4 heteroatoms. The second kappa shape index (κ2) is 9.06. The Labute approximate surface area is 132 Å². The molecule has 1 aromatic rings. The molecule has 0 saturated carbocycles. The van der Waals surface area contributed by atoms with Gasteiger partial charge in [0.1, 0.15) is 0 Å². The Morgan fingerprint density at radius 3 is 2.67 bits per heavy atom. The zero-order valence-corrected chi connectivity index (χ0v) is 13.4. The SMILES string of the molecule is O=C(CCCc1ccccc1)N1CCCN(CCCl)CC1. The van der Waals surface area contributed by atoms with Gasteiger partial charge in [-0.1, -0.05) is 30.3 Å². The van der Waals surface area contributed by atoms with Gasteiger partial charge < -0.3 is 9.80 Å². The summed E-state index contributed by atoms with van der Waals surface area (Å²) in [5.74, 6) is 0.976. The summed E-state index contributed by atoms with van der Waals surface area (Å²) in [7, 11) is 0. The van der Waals surface area contributed by atoms with E-state index in [2.05, 4.69) is 29.2 Å². The van der Waals surface area contributed by atoms with Crippen LogP contribution in [0.5, 0.6) is 0 Å². The van der Waals surface area contributed by atoms with Crippen molar-refractivity contribution in [1.82, 2.24) is 9.80 Å². The highest BCUT2D eigenvalue weighted by molar-refractivity contribution is 6.18. The molecule has 0 radical (unpaired) electrons. The quantitative estimate of drug-likeness (QED) is 0.755. The highest BCUT2D eigenvalue weighted by Crippen LogP contribution is 2.09. The number of hydrogen-bond donors (Lipinski definition) is 0. The first kappa shape index (κ1) is 16.3. The van der Waals surface area contributed by atoms with Crippen LogP contribution in [-0.2, 0) is 11.2 Å². The third kappa shape index (κ3) is 5.68. The molecule has 1 amide bonds. The van der Waals surface area contributed by atoms with Crippen molar-refractivity contribution in [3.8, 4) is 0 Å². The number of amides is 1. The molecular weight excluding hydrogens is 284 g/mol. The molecule has 1 aromatic carbocycles. The van der Waals surface area contributed by atoms with E-state index in [9.17, 15) is 4.79 Å². The minimum Gasteiger partial charge on any atom is -0.341 e. The molecule has 0 spiro atoms. The largest absolute Gasteiger partial charge is 0.341 e. The maximum Gasteiger partial charge on any atom is 0.222 e. The van der Waals surface area contributed by atoms with Crippen LogP contribution in [0.25, 0.3) is 0 Å². The molecule has 0 aromatic heterocycles. The first-order valence-corrected chi connectivity index (χ1v) is 8.43. The smallest absolute Gasteiger partial charge is 0.222 e. The van der Waals surface area contributed by atoms with Crippen LogP contribution >= 0.6 is 11.6 Å². The normalized spacial score (nSPS) is 16.7. The first-order valence-electron chi connectivity index (χ1n) is 7.89. The Morgan fingerprint density at radius 2 is 1.90 bits per heavy atom. The zero-order chi connectivity index (χ0) is 14.9. The van der Waals surface area contributed by atoms with Gasteiger partial charge >= 0.3 is 0 Å². The molecule has 1 heterocycles. The van der Waals surface area contributed by atoms with Crippen LogP contribution in [0.1, 0.15) is 24.8 Å². The van der Waals surface area contributed by atoms with Gasteiger partial charge in [0.05, 0.1) is 0 Å². The van der Waals surface area contributed by atoms with Crippen molar-refractivity contribution in [2.24, 2.45) is 0 Å². The summed E-state index contributed by atoms with van der Waals surface area (Å²) in [6, 6.07) is 10.4. The molecule has 21 heavy (non-hydrogen) atoms. The Balaban J connectivity index is 1.70. The van der Waals surface area contributed by atoms with E-state index >= 15 is 0 Å². The highest BCUT2D eigenvalue weighted by Gasteiger charge is 2.18. The molecule has 1 fully saturated rings. The summed E-state index contributed by atoms with van der Waals surface area (Å²) < 4.78 is 0. The molecule has 3 nitrogen and oxygen atoms in total. The summed E-state index contributed by atoms with van der Waals surface area (Å²) in [6.07, 6.45) is 3.63. The summed E-state index contributed by atoms with van der Waals surface area (Å²) in [6.45, 7) is 4.68. The third-order valence-corrected chi connectivity index (χ3v) is 4.21. The summed E-state index contributed by atoms with van der Waals surface area (Å²) in [5.41, 5.74) is 1.31. The Bertz CT molecular complexity index is 424. The van der Waals surface area contributed by atoms with Crippen LogP contribution in [-0.4, -0.2) is 54.3 Å². The number of benzene rings is 1.